The molecule has 2 aromatic carbocycles. The lowest BCUT2D eigenvalue weighted by molar-refractivity contribution is 0.0735. The number of para-hydroxylation sites is 1. The van der Waals surface area contributed by atoms with Gasteiger partial charge in [0.15, 0.2) is 5.82 Å². The summed E-state index contributed by atoms with van der Waals surface area (Å²) in [6, 6.07) is 16.8. The van der Waals surface area contributed by atoms with Crippen molar-refractivity contribution in [2.45, 2.75) is 39.7 Å². The van der Waals surface area contributed by atoms with Crippen LogP contribution in [0.2, 0.25) is 0 Å². The van der Waals surface area contributed by atoms with Crippen LogP contribution in [0.4, 0.5) is 10.6 Å². The lowest BCUT2D eigenvalue weighted by atomic mass is 10.0. The zero-order chi connectivity index (χ0) is 28.1. The van der Waals surface area contributed by atoms with Crippen LogP contribution in [0.3, 0.4) is 0 Å². The van der Waals surface area contributed by atoms with Crippen LogP contribution in [-0.4, -0.2) is 52.8 Å². The second kappa shape index (κ2) is 12.1. The van der Waals surface area contributed by atoms with E-state index < -0.39 is 5.97 Å². The Hall–Kier alpha value is -4.53. The van der Waals surface area contributed by atoms with Crippen LogP contribution in [0.25, 0.3) is 22.3 Å². The predicted molar refractivity (Wildman–Crippen MR) is 153 cm³/mol. The summed E-state index contributed by atoms with van der Waals surface area (Å²) < 4.78 is 11.1. The molecule has 3 heterocycles. The number of esters is 1. The molecular formula is C31H33N5O4. The highest BCUT2D eigenvalue weighted by atomic mass is 16.5. The molecule has 1 N–H and O–H groups in total. The molecule has 4 aromatic rings. The van der Waals surface area contributed by atoms with Crippen LogP contribution in [0, 0.1) is 12.8 Å². The molecule has 5 rings (SSSR count). The Morgan fingerprint density at radius 3 is 2.60 bits per heavy atom. The molecule has 0 atom stereocenters. The predicted octanol–water partition coefficient (Wildman–Crippen LogP) is 5.57. The van der Waals surface area contributed by atoms with Crippen LogP contribution in [0.1, 0.15) is 42.6 Å². The maximum absolute atomic E-state index is 12.8. The fraction of sp³-hybridized carbons (Fsp3) is 0.323. The number of nitrogens with zero attached hydrogens (tertiary/aromatic N) is 4. The van der Waals surface area contributed by atoms with E-state index in [1.165, 1.54) is 6.20 Å². The molecule has 40 heavy (non-hydrogen) atoms. The average Bonchev–Trinajstić information content (AvgIpc) is 2.96. The van der Waals surface area contributed by atoms with Gasteiger partial charge in [0.25, 0.3) is 0 Å². The van der Waals surface area contributed by atoms with Gasteiger partial charge in [-0.05, 0) is 67.6 Å². The lowest BCUT2D eigenvalue weighted by Crippen LogP contribution is -2.45. The van der Waals surface area contributed by atoms with Gasteiger partial charge >= 0.3 is 12.1 Å². The number of alkyl carbamates (subject to hydrolysis) is 1. The van der Waals surface area contributed by atoms with Crippen molar-refractivity contribution in [1.29, 1.82) is 0 Å². The van der Waals surface area contributed by atoms with Gasteiger partial charge < -0.3 is 19.7 Å². The Labute approximate surface area is 233 Å². The molecule has 0 unspecified atom stereocenters. The number of benzene rings is 2. The van der Waals surface area contributed by atoms with E-state index in [0.717, 1.165) is 35.1 Å². The number of pyridine rings is 1. The number of carbonyl (C=O) groups is 2. The first-order valence-corrected chi connectivity index (χ1v) is 13.6. The van der Waals surface area contributed by atoms with Crippen molar-refractivity contribution in [2.24, 2.45) is 5.92 Å². The van der Waals surface area contributed by atoms with Gasteiger partial charge in [0.2, 0.25) is 0 Å². The lowest BCUT2D eigenvalue weighted by Gasteiger charge is -2.33. The first-order valence-electron chi connectivity index (χ1n) is 13.6. The second-order valence-corrected chi connectivity index (χ2v) is 10.4. The fourth-order valence-corrected chi connectivity index (χ4v) is 4.65. The monoisotopic (exact) mass is 539 g/mol. The highest BCUT2D eigenvalue weighted by Crippen LogP contribution is 2.34. The van der Waals surface area contributed by atoms with Gasteiger partial charge in [-0.3, -0.25) is 4.98 Å². The van der Waals surface area contributed by atoms with Gasteiger partial charge in [0.1, 0.15) is 11.6 Å². The molecule has 1 fully saturated rings. The number of carbonyl (C=O) groups excluding carboxylic acids is 2. The number of anilines is 1. The molecule has 1 saturated heterocycles. The number of piperidine rings is 1. The smallest absolute Gasteiger partial charge is 0.407 e. The molecule has 0 radical (unpaired) electrons. The minimum Gasteiger partial charge on any atom is -0.449 e. The molecule has 1 amide bonds. The van der Waals surface area contributed by atoms with Gasteiger partial charge in [-0.15, -0.1) is 0 Å². The van der Waals surface area contributed by atoms with E-state index in [0.29, 0.717) is 48.3 Å². The van der Waals surface area contributed by atoms with Crippen molar-refractivity contribution >= 4 is 28.8 Å². The number of hydrogen-bond donors (Lipinski definition) is 1. The third kappa shape index (κ3) is 6.36. The number of hydrogen-bond acceptors (Lipinski definition) is 8. The van der Waals surface area contributed by atoms with E-state index in [1.54, 1.807) is 24.4 Å². The van der Waals surface area contributed by atoms with Crippen molar-refractivity contribution in [1.82, 2.24) is 20.3 Å². The second-order valence-electron chi connectivity index (χ2n) is 10.4. The SMILES string of the molecule is Cc1ccc2c(N3CCC(NC(=O)OCC(C)C)CC3)nc(-c3ccccc3OC(=O)c3cccnc3)nc2c1. The Morgan fingerprint density at radius 1 is 1.05 bits per heavy atom. The van der Waals surface area contributed by atoms with E-state index >= 15 is 0 Å². The normalized spacial score (nSPS) is 13.8. The van der Waals surface area contributed by atoms with E-state index in [2.05, 4.69) is 21.3 Å². The number of nitrogens with one attached hydrogen (secondary N) is 1. The first kappa shape index (κ1) is 27.1. The Kier molecular flexibility index (Phi) is 8.19. The van der Waals surface area contributed by atoms with Crippen molar-refractivity contribution in [3.63, 3.8) is 0 Å². The molecule has 0 saturated carbocycles. The molecule has 1 aliphatic heterocycles. The van der Waals surface area contributed by atoms with Crippen molar-refractivity contribution in [3.05, 3.63) is 78.1 Å². The molecule has 9 heteroatoms. The molecule has 0 bridgehead atoms. The van der Waals surface area contributed by atoms with Crippen molar-refractivity contribution in [3.8, 4) is 17.1 Å². The first-order chi connectivity index (χ1) is 19.4. The number of rotatable bonds is 7. The third-order valence-corrected chi connectivity index (χ3v) is 6.72. The summed E-state index contributed by atoms with van der Waals surface area (Å²) in [4.78, 5) is 41.1. The number of amides is 1. The molecule has 9 nitrogen and oxygen atoms in total. The topological polar surface area (TPSA) is 107 Å². The molecule has 2 aromatic heterocycles. The van der Waals surface area contributed by atoms with Crippen molar-refractivity contribution in [2.75, 3.05) is 24.6 Å². The maximum atomic E-state index is 12.8. The molecular weight excluding hydrogens is 506 g/mol. The highest BCUT2D eigenvalue weighted by molar-refractivity contribution is 5.93. The zero-order valence-corrected chi connectivity index (χ0v) is 23.0. The average molecular weight is 540 g/mol. The summed E-state index contributed by atoms with van der Waals surface area (Å²) in [5.74, 6) is 1.45. The Bertz CT molecular complexity index is 1500. The van der Waals surface area contributed by atoms with Crippen LogP contribution in [0.15, 0.2) is 67.0 Å². The van der Waals surface area contributed by atoms with Crippen LogP contribution in [-0.2, 0) is 4.74 Å². The summed E-state index contributed by atoms with van der Waals surface area (Å²) in [6.45, 7) is 7.88. The third-order valence-electron chi connectivity index (χ3n) is 6.72. The quantitative estimate of drug-likeness (QED) is 0.240. The van der Waals surface area contributed by atoms with Crippen LogP contribution >= 0.6 is 0 Å². The van der Waals surface area contributed by atoms with E-state index in [1.807, 2.05) is 51.1 Å². The molecule has 1 aliphatic rings. The van der Waals surface area contributed by atoms with Crippen LogP contribution < -0.4 is 15.0 Å². The zero-order valence-electron chi connectivity index (χ0n) is 23.0. The van der Waals surface area contributed by atoms with E-state index in [4.69, 9.17) is 19.4 Å². The Morgan fingerprint density at radius 2 is 1.85 bits per heavy atom. The minimum atomic E-state index is -0.501. The summed E-state index contributed by atoms with van der Waals surface area (Å²) in [5, 5.41) is 3.94. The van der Waals surface area contributed by atoms with Crippen molar-refractivity contribution < 1.29 is 19.1 Å². The standard InChI is InChI=1S/C31H33N5O4/c1-20(2)19-39-31(38)33-23-12-15-36(16-13-23)29-24-11-10-21(3)17-26(24)34-28(35-29)25-8-4-5-9-27(25)40-30(37)22-7-6-14-32-18-22/h4-11,14,17-18,20,23H,12-13,15-16,19H2,1-3H3,(H,33,38). The van der Waals surface area contributed by atoms with Gasteiger partial charge in [0.05, 0.1) is 23.3 Å². The number of aromatic nitrogens is 3. The van der Waals surface area contributed by atoms with Crippen LogP contribution in [0.5, 0.6) is 5.75 Å². The summed E-state index contributed by atoms with van der Waals surface area (Å²) in [7, 11) is 0. The molecule has 0 aliphatic carbocycles. The number of aryl methyl sites for hydroxylation is 1. The summed E-state index contributed by atoms with van der Waals surface area (Å²) in [5.41, 5.74) is 2.87. The van der Waals surface area contributed by atoms with Gasteiger partial charge in [-0.1, -0.05) is 32.0 Å². The maximum Gasteiger partial charge on any atom is 0.407 e. The highest BCUT2D eigenvalue weighted by Gasteiger charge is 2.25. The summed E-state index contributed by atoms with van der Waals surface area (Å²) >= 11 is 0. The van der Waals surface area contributed by atoms with E-state index in [-0.39, 0.29) is 12.1 Å². The van der Waals surface area contributed by atoms with E-state index in [9.17, 15) is 9.59 Å². The van der Waals surface area contributed by atoms with Gasteiger partial charge in [0, 0.05) is 36.9 Å². The molecule has 206 valence electrons. The largest absolute Gasteiger partial charge is 0.449 e. The number of ether oxygens (including phenoxy) is 2. The summed E-state index contributed by atoms with van der Waals surface area (Å²) in [6.07, 6.45) is 4.25. The van der Waals surface area contributed by atoms with Gasteiger partial charge in [-0.25, -0.2) is 19.6 Å². The minimum absolute atomic E-state index is 0.0401. The fourth-order valence-electron chi connectivity index (χ4n) is 4.65. The molecule has 0 spiro atoms. The van der Waals surface area contributed by atoms with Gasteiger partial charge in [-0.2, -0.15) is 0 Å². The Balaban J connectivity index is 1.41. The number of fused-ring (bicyclic) bond motifs is 1.